The summed E-state index contributed by atoms with van der Waals surface area (Å²) in [7, 11) is 1.51. The van der Waals surface area contributed by atoms with Gasteiger partial charge in [0.2, 0.25) is 5.91 Å². The minimum absolute atomic E-state index is 0.0349. The fourth-order valence-corrected chi connectivity index (χ4v) is 4.01. The van der Waals surface area contributed by atoms with Crippen LogP contribution in [0, 0.1) is 0 Å². The molecule has 2 aromatic rings. The van der Waals surface area contributed by atoms with E-state index in [4.69, 9.17) is 9.47 Å². The SMILES string of the molecule is COCC(=O)N1CCC2(CC1)O[C@H](C(=O)NCc1cccnc1)Cn1ccnc12. The van der Waals surface area contributed by atoms with Crippen molar-refractivity contribution in [2.45, 2.75) is 37.6 Å². The number of nitrogens with zero attached hydrogens (tertiary/aromatic N) is 4. The van der Waals surface area contributed by atoms with E-state index in [0.29, 0.717) is 39.0 Å². The highest BCUT2D eigenvalue weighted by Gasteiger charge is 2.47. The topological polar surface area (TPSA) is 98.6 Å². The summed E-state index contributed by atoms with van der Waals surface area (Å²) >= 11 is 0. The summed E-state index contributed by atoms with van der Waals surface area (Å²) < 4.78 is 13.3. The molecular weight excluding hydrogens is 374 g/mol. The molecule has 154 valence electrons. The minimum Gasteiger partial charge on any atom is -0.375 e. The summed E-state index contributed by atoms with van der Waals surface area (Å²) in [6, 6.07) is 3.75. The lowest BCUT2D eigenvalue weighted by molar-refractivity contribution is -0.176. The number of carbonyl (C=O) groups excluding carboxylic acids is 2. The van der Waals surface area contributed by atoms with Crippen LogP contribution in [0.5, 0.6) is 0 Å². The van der Waals surface area contributed by atoms with Gasteiger partial charge in [0.1, 0.15) is 18.0 Å². The van der Waals surface area contributed by atoms with Crippen LogP contribution in [0.2, 0.25) is 0 Å². The number of fused-ring (bicyclic) bond motifs is 2. The highest BCUT2D eigenvalue weighted by atomic mass is 16.5. The molecule has 29 heavy (non-hydrogen) atoms. The molecule has 9 heteroatoms. The summed E-state index contributed by atoms with van der Waals surface area (Å²) in [4.78, 5) is 35.3. The average Bonchev–Trinajstić information content (AvgIpc) is 3.23. The summed E-state index contributed by atoms with van der Waals surface area (Å²) in [6.07, 6.45) is 7.60. The highest BCUT2D eigenvalue weighted by Crippen LogP contribution is 2.40. The van der Waals surface area contributed by atoms with Gasteiger partial charge in [0.05, 0.1) is 6.54 Å². The van der Waals surface area contributed by atoms with Crippen LogP contribution >= 0.6 is 0 Å². The number of nitrogens with one attached hydrogen (secondary N) is 1. The zero-order valence-electron chi connectivity index (χ0n) is 16.4. The number of hydrogen-bond donors (Lipinski definition) is 1. The van der Waals surface area contributed by atoms with Gasteiger partial charge in [-0.3, -0.25) is 14.6 Å². The molecule has 2 aliphatic heterocycles. The van der Waals surface area contributed by atoms with Crippen LogP contribution in [0.1, 0.15) is 24.2 Å². The molecule has 2 aliphatic rings. The minimum atomic E-state index is -0.665. The number of carbonyl (C=O) groups is 2. The zero-order valence-corrected chi connectivity index (χ0v) is 16.4. The van der Waals surface area contributed by atoms with E-state index in [1.165, 1.54) is 7.11 Å². The number of methoxy groups -OCH3 is 1. The number of likely N-dealkylation sites (tertiary alicyclic amines) is 1. The molecule has 1 saturated heterocycles. The number of aromatic nitrogens is 3. The lowest BCUT2D eigenvalue weighted by Crippen LogP contribution is -2.55. The quantitative estimate of drug-likeness (QED) is 0.784. The Morgan fingerprint density at radius 3 is 2.90 bits per heavy atom. The molecule has 1 atom stereocenters. The molecule has 4 rings (SSSR count). The first-order valence-corrected chi connectivity index (χ1v) is 9.74. The van der Waals surface area contributed by atoms with Gasteiger partial charge in [-0.2, -0.15) is 0 Å². The molecule has 0 aliphatic carbocycles. The Balaban J connectivity index is 1.45. The Kier molecular flexibility index (Phi) is 5.59. The maximum absolute atomic E-state index is 12.8. The number of amides is 2. The Morgan fingerprint density at radius 1 is 1.34 bits per heavy atom. The van der Waals surface area contributed by atoms with Crippen LogP contribution in [-0.2, 0) is 37.8 Å². The fraction of sp³-hybridized carbons (Fsp3) is 0.500. The van der Waals surface area contributed by atoms with E-state index < -0.39 is 11.7 Å². The smallest absolute Gasteiger partial charge is 0.251 e. The molecule has 0 aromatic carbocycles. The van der Waals surface area contributed by atoms with Crippen molar-refractivity contribution in [3.63, 3.8) is 0 Å². The van der Waals surface area contributed by atoms with Crippen LogP contribution in [0.25, 0.3) is 0 Å². The fourth-order valence-electron chi connectivity index (χ4n) is 4.01. The van der Waals surface area contributed by atoms with E-state index in [-0.39, 0.29) is 18.4 Å². The number of rotatable bonds is 5. The van der Waals surface area contributed by atoms with Crippen molar-refractivity contribution >= 4 is 11.8 Å². The van der Waals surface area contributed by atoms with Crippen molar-refractivity contribution in [2.24, 2.45) is 0 Å². The molecule has 0 bridgehead atoms. The molecule has 0 unspecified atom stereocenters. The van der Waals surface area contributed by atoms with Crippen molar-refractivity contribution < 1.29 is 19.1 Å². The van der Waals surface area contributed by atoms with E-state index >= 15 is 0 Å². The van der Waals surface area contributed by atoms with Crippen LogP contribution in [0.3, 0.4) is 0 Å². The van der Waals surface area contributed by atoms with Crippen molar-refractivity contribution in [3.05, 3.63) is 48.3 Å². The predicted octanol–water partition coefficient (Wildman–Crippen LogP) is 0.457. The molecule has 2 amide bonds. The number of hydrogen-bond acceptors (Lipinski definition) is 6. The Labute approximate surface area is 169 Å². The first-order chi connectivity index (χ1) is 14.1. The molecule has 0 saturated carbocycles. The Hall–Kier alpha value is -2.78. The predicted molar refractivity (Wildman–Crippen MR) is 103 cm³/mol. The molecule has 4 heterocycles. The average molecular weight is 399 g/mol. The Morgan fingerprint density at radius 2 is 2.17 bits per heavy atom. The van der Waals surface area contributed by atoms with Crippen LogP contribution in [0.15, 0.2) is 36.9 Å². The summed E-state index contributed by atoms with van der Waals surface area (Å²) in [5.41, 5.74) is 0.265. The van der Waals surface area contributed by atoms with Gasteiger partial charge in [-0.1, -0.05) is 6.07 Å². The second-order valence-corrected chi connectivity index (χ2v) is 7.40. The van der Waals surface area contributed by atoms with Gasteiger partial charge in [0, 0.05) is 64.4 Å². The molecule has 9 nitrogen and oxygen atoms in total. The highest BCUT2D eigenvalue weighted by molar-refractivity contribution is 5.81. The third-order valence-electron chi connectivity index (χ3n) is 5.53. The van der Waals surface area contributed by atoms with E-state index in [2.05, 4.69) is 15.3 Å². The largest absolute Gasteiger partial charge is 0.375 e. The lowest BCUT2D eigenvalue weighted by atomic mass is 9.88. The number of imidazole rings is 1. The van der Waals surface area contributed by atoms with Gasteiger partial charge in [0.15, 0.2) is 6.10 Å². The molecule has 1 spiro atoms. The van der Waals surface area contributed by atoms with E-state index in [1.807, 2.05) is 22.9 Å². The van der Waals surface area contributed by atoms with E-state index in [9.17, 15) is 9.59 Å². The number of ether oxygens (including phenoxy) is 2. The number of piperidine rings is 1. The second kappa shape index (κ2) is 8.30. The second-order valence-electron chi connectivity index (χ2n) is 7.40. The van der Waals surface area contributed by atoms with Gasteiger partial charge in [0.25, 0.3) is 5.91 Å². The third-order valence-corrected chi connectivity index (χ3v) is 5.53. The number of pyridine rings is 1. The zero-order chi connectivity index (χ0) is 20.3. The standard InChI is InChI=1S/C20H25N5O4/c1-28-14-17(26)24-8-4-20(5-9-24)19-22-7-10-25(19)13-16(29-20)18(27)23-12-15-3-2-6-21-11-15/h2-3,6-7,10-11,16H,4-5,8-9,12-14H2,1H3,(H,23,27)/t16-/m0/s1. The van der Waals surface area contributed by atoms with Crippen molar-refractivity contribution in [3.8, 4) is 0 Å². The summed E-state index contributed by atoms with van der Waals surface area (Å²) in [6.45, 7) is 1.97. The molecule has 0 radical (unpaired) electrons. The molecule has 2 aromatic heterocycles. The summed E-state index contributed by atoms with van der Waals surface area (Å²) in [5.74, 6) is 0.630. The van der Waals surface area contributed by atoms with Gasteiger partial charge in [-0.25, -0.2) is 4.98 Å². The molecule has 1 N–H and O–H groups in total. The van der Waals surface area contributed by atoms with Crippen LogP contribution in [-0.4, -0.2) is 64.2 Å². The Bertz CT molecular complexity index is 861. The third kappa shape index (κ3) is 4.01. The monoisotopic (exact) mass is 399 g/mol. The van der Waals surface area contributed by atoms with Gasteiger partial charge in [-0.15, -0.1) is 0 Å². The van der Waals surface area contributed by atoms with E-state index in [1.54, 1.807) is 23.5 Å². The molecule has 1 fully saturated rings. The van der Waals surface area contributed by atoms with Crippen molar-refractivity contribution in [1.29, 1.82) is 0 Å². The molecular formula is C20H25N5O4. The maximum atomic E-state index is 12.8. The van der Waals surface area contributed by atoms with Crippen molar-refractivity contribution in [2.75, 3.05) is 26.8 Å². The van der Waals surface area contributed by atoms with Crippen LogP contribution < -0.4 is 5.32 Å². The van der Waals surface area contributed by atoms with Crippen LogP contribution in [0.4, 0.5) is 0 Å². The first-order valence-electron chi connectivity index (χ1n) is 9.74. The van der Waals surface area contributed by atoms with Gasteiger partial charge in [-0.05, 0) is 11.6 Å². The normalized spacial score (nSPS) is 20.3. The van der Waals surface area contributed by atoms with Gasteiger partial charge >= 0.3 is 0 Å². The van der Waals surface area contributed by atoms with Gasteiger partial charge < -0.3 is 24.3 Å². The maximum Gasteiger partial charge on any atom is 0.251 e. The van der Waals surface area contributed by atoms with E-state index in [0.717, 1.165) is 11.4 Å². The van der Waals surface area contributed by atoms with Crippen molar-refractivity contribution in [1.82, 2.24) is 24.8 Å². The lowest BCUT2D eigenvalue weighted by Gasteiger charge is -2.45. The summed E-state index contributed by atoms with van der Waals surface area (Å²) in [5, 5.41) is 2.94. The first kappa shape index (κ1) is 19.5.